The molecular formula is C19H25N3O2S. The molecule has 0 aliphatic carbocycles. The number of nitrogens with zero attached hydrogens (tertiary/aromatic N) is 1. The molecule has 0 atom stereocenters. The van der Waals surface area contributed by atoms with Gasteiger partial charge in [0.15, 0.2) is 0 Å². The van der Waals surface area contributed by atoms with Crippen LogP contribution in [0.1, 0.15) is 48.0 Å². The Balaban J connectivity index is 1.92. The molecule has 2 rings (SSSR count). The molecule has 0 spiro atoms. The van der Waals surface area contributed by atoms with Crippen LogP contribution in [0.4, 0.5) is 5.00 Å². The summed E-state index contributed by atoms with van der Waals surface area (Å²) >= 11 is 1.42. The minimum absolute atomic E-state index is 0.0962. The van der Waals surface area contributed by atoms with E-state index in [1.807, 2.05) is 45.9 Å². The lowest BCUT2D eigenvalue weighted by atomic mass is 9.96. The lowest BCUT2D eigenvalue weighted by molar-refractivity contribution is -0.123. The molecule has 0 bridgehead atoms. The Hall–Kier alpha value is -2.21. The third-order valence-electron chi connectivity index (χ3n) is 3.69. The van der Waals surface area contributed by atoms with Crippen LogP contribution < -0.4 is 10.6 Å². The molecule has 2 amide bonds. The van der Waals surface area contributed by atoms with Gasteiger partial charge < -0.3 is 10.6 Å². The highest BCUT2D eigenvalue weighted by Gasteiger charge is 2.24. The molecule has 0 aliphatic heterocycles. The van der Waals surface area contributed by atoms with Crippen LogP contribution in [-0.4, -0.2) is 23.3 Å². The van der Waals surface area contributed by atoms with E-state index in [2.05, 4.69) is 15.6 Å². The number of rotatable bonds is 6. The maximum atomic E-state index is 12.5. The zero-order valence-electron chi connectivity index (χ0n) is 15.2. The summed E-state index contributed by atoms with van der Waals surface area (Å²) < 4.78 is 0. The van der Waals surface area contributed by atoms with Gasteiger partial charge in [-0.3, -0.25) is 14.6 Å². The van der Waals surface area contributed by atoms with Crippen molar-refractivity contribution in [2.45, 2.75) is 40.5 Å². The second-order valence-electron chi connectivity index (χ2n) is 7.02. The van der Waals surface area contributed by atoms with Crippen LogP contribution in [0.2, 0.25) is 0 Å². The average Bonchev–Trinajstić information content (AvgIpc) is 2.92. The van der Waals surface area contributed by atoms with Crippen molar-refractivity contribution in [3.63, 3.8) is 0 Å². The molecule has 2 aromatic rings. The van der Waals surface area contributed by atoms with Gasteiger partial charge >= 0.3 is 0 Å². The molecule has 2 aromatic heterocycles. The quantitative estimate of drug-likeness (QED) is 0.771. The summed E-state index contributed by atoms with van der Waals surface area (Å²) in [5.74, 6) is -0.246. The molecular weight excluding hydrogens is 334 g/mol. The number of aromatic nitrogens is 1. The summed E-state index contributed by atoms with van der Waals surface area (Å²) in [5.41, 5.74) is 1.23. The maximum Gasteiger partial charge on any atom is 0.254 e. The van der Waals surface area contributed by atoms with E-state index >= 15 is 0 Å². The molecule has 134 valence electrons. The number of nitrogens with one attached hydrogen (secondary N) is 2. The molecule has 6 heteroatoms. The Morgan fingerprint density at radius 2 is 1.88 bits per heavy atom. The minimum atomic E-state index is -0.504. The van der Waals surface area contributed by atoms with Gasteiger partial charge in [0.2, 0.25) is 5.91 Å². The van der Waals surface area contributed by atoms with Crippen molar-refractivity contribution in [2.75, 3.05) is 11.9 Å². The first-order chi connectivity index (χ1) is 11.8. The number of carbonyl (C=O) groups is 2. The first-order valence-electron chi connectivity index (χ1n) is 8.36. The van der Waals surface area contributed by atoms with Crippen molar-refractivity contribution >= 4 is 28.2 Å². The highest BCUT2D eigenvalue weighted by atomic mass is 32.1. The summed E-state index contributed by atoms with van der Waals surface area (Å²) in [5, 5.41) is 6.43. The third-order valence-corrected chi connectivity index (χ3v) is 4.65. The smallest absolute Gasteiger partial charge is 0.254 e. The fourth-order valence-electron chi connectivity index (χ4n) is 2.21. The standard InChI is InChI=1S/C19H25N3O2S/c1-13-12-15(17(25-13)22-18(24)19(2,3)4)16(23)21-9-5-6-14-7-10-20-11-8-14/h7-8,10-12H,5-6,9H2,1-4H3,(H,21,23)(H,22,24). The van der Waals surface area contributed by atoms with Gasteiger partial charge in [0.1, 0.15) is 5.00 Å². The summed E-state index contributed by atoms with van der Waals surface area (Å²) in [6, 6.07) is 5.77. The molecule has 0 aliphatic rings. The lowest BCUT2D eigenvalue weighted by Crippen LogP contribution is -2.29. The normalized spacial score (nSPS) is 11.2. The fraction of sp³-hybridized carbons (Fsp3) is 0.421. The van der Waals surface area contributed by atoms with Crippen molar-refractivity contribution < 1.29 is 9.59 Å². The minimum Gasteiger partial charge on any atom is -0.352 e. The van der Waals surface area contributed by atoms with E-state index in [1.54, 1.807) is 12.4 Å². The average molecular weight is 359 g/mol. The number of thiophene rings is 1. The van der Waals surface area contributed by atoms with Gasteiger partial charge in [0.25, 0.3) is 5.91 Å². The monoisotopic (exact) mass is 359 g/mol. The number of amides is 2. The van der Waals surface area contributed by atoms with Gasteiger partial charge in [-0.05, 0) is 43.5 Å². The second kappa shape index (κ2) is 8.25. The van der Waals surface area contributed by atoms with Crippen molar-refractivity contribution in [2.24, 2.45) is 5.41 Å². The Labute approximate surface area is 152 Å². The van der Waals surface area contributed by atoms with Crippen LogP contribution in [0.5, 0.6) is 0 Å². The van der Waals surface area contributed by atoms with Gasteiger partial charge in [0.05, 0.1) is 5.56 Å². The number of carbonyl (C=O) groups excluding carboxylic acids is 2. The van der Waals surface area contributed by atoms with Gasteiger partial charge in [-0.15, -0.1) is 11.3 Å². The molecule has 5 nitrogen and oxygen atoms in total. The summed E-state index contributed by atoms with van der Waals surface area (Å²) in [6.45, 7) is 8.06. The Morgan fingerprint density at radius 1 is 1.20 bits per heavy atom. The predicted octanol–water partition coefficient (Wildman–Crippen LogP) is 3.80. The van der Waals surface area contributed by atoms with Crippen molar-refractivity contribution in [3.05, 3.63) is 46.6 Å². The summed E-state index contributed by atoms with van der Waals surface area (Å²) in [6.07, 6.45) is 5.28. The van der Waals surface area contributed by atoms with E-state index in [4.69, 9.17) is 0 Å². The highest BCUT2D eigenvalue weighted by Crippen LogP contribution is 2.29. The van der Waals surface area contributed by atoms with Crippen molar-refractivity contribution in [1.82, 2.24) is 10.3 Å². The zero-order chi connectivity index (χ0) is 18.4. The molecule has 0 unspecified atom stereocenters. The molecule has 0 saturated heterocycles. The maximum absolute atomic E-state index is 12.5. The van der Waals surface area contributed by atoms with Crippen LogP contribution in [-0.2, 0) is 11.2 Å². The van der Waals surface area contributed by atoms with E-state index < -0.39 is 5.41 Å². The molecule has 0 fully saturated rings. The largest absolute Gasteiger partial charge is 0.352 e. The number of pyridine rings is 1. The molecule has 0 radical (unpaired) electrons. The van der Waals surface area contributed by atoms with Crippen LogP contribution >= 0.6 is 11.3 Å². The Bertz CT molecular complexity index is 733. The third kappa shape index (κ3) is 5.67. The van der Waals surface area contributed by atoms with E-state index in [9.17, 15) is 9.59 Å². The SMILES string of the molecule is Cc1cc(C(=O)NCCCc2ccncc2)c(NC(=O)C(C)(C)C)s1. The van der Waals surface area contributed by atoms with E-state index in [0.29, 0.717) is 17.1 Å². The van der Waals surface area contributed by atoms with E-state index in [0.717, 1.165) is 17.7 Å². The highest BCUT2D eigenvalue weighted by molar-refractivity contribution is 7.16. The molecule has 25 heavy (non-hydrogen) atoms. The topological polar surface area (TPSA) is 71.1 Å². The van der Waals surface area contributed by atoms with E-state index in [-0.39, 0.29) is 11.8 Å². The fourth-order valence-corrected chi connectivity index (χ4v) is 3.11. The molecule has 0 aromatic carbocycles. The zero-order valence-corrected chi connectivity index (χ0v) is 16.0. The first kappa shape index (κ1) is 19.1. The Morgan fingerprint density at radius 3 is 2.52 bits per heavy atom. The number of hydrogen-bond acceptors (Lipinski definition) is 4. The predicted molar refractivity (Wildman–Crippen MR) is 102 cm³/mol. The number of hydrogen-bond donors (Lipinski definition) is 2. The number of anilines is 1. The van der Waals surface area contributed by atoms with Gasteiger partial charge in [0, 0.05) is 29.2 Å². The van der Waals surface area contributed by atoms with Crippen LogP contribution in [0.25, 0.3) is 0 Å². The summed E-state index contributed by atoms with van der Waals surface area (Å²) in [7, 11) is 0. The molecule has 2 heterocycles. The Kier molecular flexibility index (Phi) is 6.31. The van der Waals surface area contributed by atoms with Crippen LogP contribution in [0.15, 0.2) is 30.6 Å². The van der Waals surface area contributed by atoms with Crippen LogP contribution in [0.3, 0.4) is 0 Å². The first-order valence-corrected chi connectivity index (χ1v) is 9.18. The van der Waals surface area contributed by atoms with Crippen molar-refractivity contribution in [1.29, 1.82) is 0 Å². The molecule has 2 N–H and O–H groups in total. The van der Waals surface area contributed by atoms with Gasteiger partial charge in [-0.2, -0.15) is 0 Å². The lowest BCUT2D eigenvalue weighted by Gasteiger charge is -2.17. The molecule has 0 saturated carbocycles. The van der Waals surface area contributed by atoms with Gasteiger partial charge in [-0.25, -0.2) is 0 Å². The van der Waals surface area contributed by atoms with Gasteiger partial charge in [-0.1, -0.05) is 20.8 Å². The van der Waals surface area contributed by atoms with Crippen LogP contribution in [0, 0.1) is 12.3 Å². The van der Waals surface area contributed by atoms with E-state index in [1.165, 1.54) is 16.9 Å². The summed E-state index contributed by atoms with van der Waals surface area (Å²) in [4.78, 5) is 29.6. The number of aryl methyl sites for hydroxylation is 2. The second-order valence-corrected chi connectivity index (χ2v) is 8.28. The van der Waals surface area contributed by atoms with Crippen molar-refractivity contribution in [3.8, 4) is 0 Å².